The minimum Gasteiger partial charge on any atom is -0.361 e. The van der Waals surface area contributed by atoms with Gasteiger partial charge in [-0.1, -0.05) is 0 Å². The summed E-state index contributed by atoms with van der Waals surface area (Å²) in [6.45, 7) is 3.44. The zero-order chi connectivity index (χ0) is 15.8. The highest BCUT2D eigenvalue weighted by Gasteiger charge is 2.32. The molecule has 2 aromatic rings. The van der Waals surface area contributed by atoms with Gasteiger partial charge in [-0.15, -0.1) is 0 Å². The number of piperidine rings is 1. The lowest BCUT2D eigenvalue weighted by atomic mass is 9.97. The number of hydrogen-bond acceptors (Lipinski definition) is 2. The molecule has 2 aliphatic rings. The number of carbonyl (C=O) groups excluding carboxylic acids is 1. The summed E-state index contributed by atoms with van der Waals surface area (Å²) in [6, 6.07) is 4.88. The molecule has 4 nitrogen and oxygen atoms in total. The number of H-pyrrole nitrogens is 1. The van der Waals surface area contributed by atoms with Crippen LogP contribution in [0, 0.1) is 11.7 Å². The van der Waals surface area contributed by atoms with Crippen LogP contribution in [0.1, 0.15) is 30.7 Å². The van der Waals surface area contributed by atoms with Crippen LogP contribution in [-0.2, 0) is 4.79 Å². The van der Waals surface area contributed by atoms with Crippen LogP contribution in [0.2, 0.25) is 0 Å². The van der Waals surface area contributed by atoms with Crippen molar-refractivity contribution in [2.24, 2.45) is 5.92 Å². The molecule has 2 N–H and O–H groups in total. The minimum atomic E-state index is -0.223. The summed E-state index contributed by atoms with van der Waals surface area (Å²) in [5.74, 6) is 0.554. The van der Waals surface area contributed by atoms with Crippen molar-refractivity contribution in [3.63, 3.8) is 0 Å². The molecule has 1 amide bonds. The number of fused-ring (bicyclic) bond motifs is 1. The van der Waals surface area contributed by atoms with Crippen LogP contribution in [0.4, 0.5) is 4.39 Å². The quantitative estimate of drug-likeness (QED) is 0.895. The first-order valence-corrected chi connectivity index (χ1v) is 8.48. The van der Waals surface area contributed by atoms with Gasteiger partial charge in [0.25, 0.3) is 0 Å². The Morgan fingerprint density at radius 2 is 2.22 bits per heavy atom. The first-order valence-electron chi connectivity index (χ1n) is 8.48. The average Bonchev–Trinajstić information content (AvgIpc) is 3.21. The van der Waals surface area contributed by atoms with Gasteiger partial charge in [0.2, 0.25) is 5.91 Å². The van der Waals surface area contributed by atoms with Gasteiger partial charge in [0, 0.05) is 42.7 Å². The van der Waals surface area contributed by atoms with Crippen molar-refractivity contribution in [1.29, 1.82) is 0 Å². The van der Waals surface area contributed by atoms with E-state index in [4.69, 9.17) is 0 Å². The summed E-state index contributed by atoms with van der Waals surface area (Å²) in [5.41, 5.74) is 2.04. The van der Waals surface area contributed by atoms with E-state index in [1.165, 1.54) is 17.7 Å². The molecule has 2 unspecified atom stereocenters. The largest absolute Gasteiger partial charge is 0.361 e. The lowest BCUT2D eigenvalue weighted by Gasteiger charge is -2.26. The number of nitrogens with one attached hydrogen (secondary N) is 2. The number of rotatable bonds is 2. The Labute approximate surface area is 135 Å². The molecular formula is C18H22FN3O. The second-order valence-corrected chi connectivity index (χ2v) is 6.75. The Hall–Kier alpha value is -1.88. The topological polar surface area (TPSA) is 48.1 Å². The molecule has 0 saturated carbocycles. The first-order chi connectivity index (χ1) is 11.2. The van der Waals surface area contributed by atoms with Gasteiger partial charge in [-0.2, -0.15) is 0 Å². The molecule has 1 aromatic heterocycles. The van der Waals surface area contributed by atoms with Gasteiger partial charge in [-0.25, -0.2) is 4.39 Å². The van der Waals surface area contributed by atoms with Crippen molar-refractivity contribution < 1.29 is 9.18 Å². The molecule has 2 fully saturated rings. The van der Waals surface area contributed by atoms with Crippen LogP contribution in [0.5, 0.6) is 0 Å². The number of nitrogens with zero attached hydrogens (tertiary/aromatic N) is 1. The monoisotopic (exact) mass is 315 g/mol. The molecule has 3 heterocycles. The van der Waals surface area contributed by atoms with Crippen LogP contribution >= 0.6 is 0 Å². The molecule has 0 bridgehead atoms. The molecule has 2 aliphatic heterocycles. The summed E-state index contributed by atoms with van der Waals surface area (Å²) in [5, 5.41) is 4.39. The van der Waals surface area contributed by atoms with Crippen molar-refractivity contribution in [2.75, 3.05) is 26.2 Å². The van der Waals surface area contributed by atoms with Crippen molar-refractivity contribution in [2.45, 2.75) is 25.2 Å². The van der Waals surface area contributed by atoms with Crippen molar-refractivity contribution in [3.8, 4) is 0 Å². The van der Waals surface area contributed by atoms with E-state index in [1.807, 2.05) is 17.2 Å². The number of halogens is 1. The maximum atomic E-state index is 13.3. The predicted molar refractivity (Wildman–Crippen MR) is 87.8 cm³/mol. The van der Waals surface area contributed by atoms with Gasteiger partial charge in [0.05, 0.1) is 5.92 Å². The van der Waals surface area contributed by atoms with Crippen LogP contribution in [0.25, 0.3) is 10.9 Å². The van der Waals surface area contributed by atoms with E-state index in [9.17, 15) is 9.18 Å². The third-order valence-electron chi connectivity index (χ3n) is 5.26. The highest BCUT2D eigenvalue weighted by Crippen LogP contribution is 2.33. The van der Waals surface area contributed by atoms with Crippen LogP contribution in [0.15, 0.2) is 24.4 Å². The second-order valence-electron chi connectivity index (χ2n) is 6.75. The number of amides is 1. The van der Waals surface area contributed by atoms with E-state index in [2.05, 4.69) is 10.3 Å². The standard InChI is InChI=1S/C18H22FN3O/c19-14-3-4-15-16(10-21-17(15)8-14)13-5-7-22(11-13)18(23)12-2-1-6-20-9-12/h3-4,8,10,12-13,20-21H,1-2,5-7,9,11H2. The maximum absolute atomic E-state index is 13.3. The molecule has 1 aromatic carbocycles. The Balaban J connectivity index is 1.50. The SMILES string of the molecule is O=C(C1CCCNC1)N1CCC(c2c[nH]c3cc(F)ccc23)C1. The van der Waals surface area contributed by atoms with Gasteiger partial charge >= 0.3 is 0 Å². The molecule has 5 heteroatoms. The highest BCUT2D eigenvalue weighted by molar-refractivity contribution is 5.84. The molecular weight excluding hydrogens is 293 g/mol. The summed E-state index contributed by atoms with van der Waals surface area (Å²) >= 11 is 0. The number of carbonyl (C=O) groups is 1. The van der Waals surface area contributed by atoms with Crippen molar-refractivity contribution in [1.82, 2.24) is 15.2 Å². The van der Waals surface area contributed by atoms with Crippen LogP contribution in [0.3, 0.4) is 0 Å². The fourth-order valence-electron chi connectivity index (χ4n) is 3.99. The Morgan fingerprint density at radius 3 is 3.04 bits per heavy atom. The maximum Gasteiger partial charge on any atom is 0.226 e. The summed E-state index contributed by atoms with van der Waals surface area (Å²) in [4.78, 5) is 17.8. The van der Waals surface area contributed by atoms with Gasteiger partial charge in [-0.05, 0) is 49.6 Å². The Kier molecular flexibility index (Phi) is 3.81. The van der Waals surface area contributed by atoms with E-state index in [0.29, 0.717) is 11.8 Å². The Bertz CT molecular complexity index is 720. The van der Waals surface area contributed by atoms with Gasteiger partial charge in [0.1, 0.15) is 5.82 Å². The lowest BCUT2D eigenvalue weighted by Crippen LogP contribution is -2.42. The molecule has 2 atom stereocenters. The smallest absolute Gasteiger partial charge is 0.226 e. The predicted octanol–water partition coefficient (Wildman–Crippen LogP) is 2.62. The zero-order valence-electron chi connectivity index (χ0n) is 13.1. The minimum absolute atomic E-state index is 0.138. The fraction of sp³-hybridized carbons (Fsp3) is 0.500. The number of aromatic nitrogens is 1. The molecule has 4 rings (SSSR count). The van der Waals surface area contributed by atoms with Crippen LogP contribution in [-0.4, -0.2) is 42.0 Å². The van der Waals surface area contributed by atoms with E-state index < -0.39 is 0 Å². The molecule has 122 valence electrons. The number of benzene rings is 1. The van der Waals surface area contributed by atoms with Gasteiger partial charge in [0.15, 0.2) is 0 Å². The summed E-state index contributed by atoms with van der Waals surface area (Å²) in [6.07, 6.45) is 5.04. The van der Waals surface area contributed by atoms with E-state index in [1.54, 1.807) is 0 Å². The Morgan fingerprint density at radius 1 is 1.30 bits per heavy atom. The number of aromatic amines is 1. The first kappa shape index (κ1) is 14.7. The molecule has 0 aliphatic carbocycles. The van der Waals surface area contributed by atoms with Gasteiger partial charge < -0.3 is 15.2 Å². The molecule has 0 spiro atoms. The average molecular weight is 315 g/mol. The van der Waals surface area contributed by atoms with Crippen molar-refractivity contribution in [3.05, 3.63) is 35.8 Å². The van der Waals surface area contributed by atoms with Crippen molar-refractivity contribution >= 4 is 16.8 Å². The fourth-order valence-corrected chi connectivity index (χ4v) is 3.99. The highest BCUT2D eigenvalue weighted by atomic mass is 19.1. The zero-order valence-corrected chi connectivity index (χ0v) is 13.1. The summed E-state index contributed by atoms with van der Waals surface area (Å²) < 4.78 is 13.3. The number of hydrogen-bond donors (Lipinski definition) is 2. The third-order valence-corrected chi connectivity index (χ3v) is 5.26. The summed E-state index contributed by atoms with van der Waals surface area (Å²) in [7, 11) is 0. The normalized spacial score (nSPS) is 25.2. The van der Waals surface area contributed by atoms with E-state index >= 15 is 0 Å². The molecule has 23 heavy (non-hydrogen) atoms. The lowest BCUT2D eigenvalue weighted by molar-refractivity contribution is -0.135. The second kappa shape index (κ2) is 5.96. The molecule has 0 radical (unpaired) electrons. The van der Waals surface area contributed by atoms with E-state index in [0.717, 1.165) is 56.3 Å². The van der Waals surface area contributed by atoms with Crippen LogP contribution < -0.4 is 5.32 Å². The number of likely N-dealkylation sites (tertiary alicyclic amines) is 1. The third kappa shape index (κ3) is 2.74. The molecule has 2 saturated heterocycles. The van der Waals surface area contributed by atoms with Gasteiger partial charge in [-0.3, -0.25) is 4.79 Å². The van der Waals surface area contributed by atoms with E-state index in [-0.39, 0.29) is 11.7 Å².